The number of benzene rings is 1. The van der Waals surface area contributed by atoms with E-state index in [1.54, 1.807) is 14.0 Å². The van der Waals surface area contributed by atoms with Gasteiger partial charge in [-0.3, -0.25) is 9.59 Å². The Balaban J connectivity index is 1.97. The highest BCUT2D eigenvalue weighted by atomic mass is 32.1. The Labute approximate surface area is 143 Å². The van der Waals surface area contributed by atoms with Crippen molar-refractivity contribution in [2.75, 3.05) is 5.32 Å². The molecule has 3 aromatic rings. The van der Waals surface area contributed by atoms with E-state index < -0.39 is 17.6 Å². The van der Waals surface area contributed by atoms with Gasteiger partial charge in [-0.05, 0) is 30.7 Å². The molecule has 0 bridgehead atoms. The molecule has 130 valence electrons. The summed E-state index contributed by atoms with van der Waals surface area (Å²) in [6.07, 6.45) is -3.14. The van der Waals surface area contributed by atoms with E-state index in [0.29, 0.717) is 15.8 Å². The number of aryl methyl sites for hydroxylation is 2. The van der Waals surface area contributed by atoms with Crippen LogP contribution in [0.1, 0.15) is 20.8 Å². The number of hydrogen-bond acceptors (Lipinski definition) is 4. The minimum Gasteiger partial charge on any atom is -0.321 e. The number of nitrogens with zero attached hydrogens (tertiary/aromatic N) is 2. The number of carbonyl (C=O) groups is 1. The molecule has 1 amide bonds. The van der Waals surface area contributed by atoms with Gasteiger partial charge in [-0.25, -0.2) is 4.98 Å². The lowest BCUT2D eigenvalue weighted by atomic mass is 10.2. The van der Waals surface area contributed by atoms with Gasteiger partial charge in [0.05, 0.1) is 22.2 Å². The molecule has 3 rings (SSSR count). The summed E-state index contributed by atoms with van der Waals surface area (Å²) in [5.41, 5.74) is -0.651. The number of amides is 1. The summed E-state index contributed by atoms with van der Waals surface area (Å²) in [5, 5.41) is 2.78. The van der Waals surface area contributed by atoms with E-state index in [1.807, 2.05) is 0 Å². The zero-order valence-electron chi connectivity index (χ0n) is 13.1. The molecule has 5 nitrogen and oxygen atoms in total. The Kier molecular flexibility index (Phi) is 4.11. The summed E-state index contributed by atoms with van der Waals surface area (Å²) in [4.78, 5) is 29.4. The van der Waals surface area contributed by atoms with Crippen LogP contribution in [0.15, 0.2) is 35.4 Å². The standard InChI is InChI=1S/C16H12F3N3O2S/c1-8-11-14(20-7-22(2)15(11)24)25-12(8)13(23)21-10-5-3-4-9(6-10)16(17,18)19/h3-7H,1-2H3,(H,21,23). The van der Waals surface area contributed by atoms with Crippen LogP contribution in [-0.2, 0) is 13.2 Å². The van der Waals surface area contributed by atoms with Gasteiger partial charge in [-0.1, -0.05) is 6.07 Å². The minimum absolute atomic E-state index is 0.0255. The summed E-state index contributed by atoms with van der Waals surface area (Å²) in [5.74, 6) is -0.582. The van der Waals surface area contributed by atoms with Gasteiger partial charge < -0.3 is 9.88 Å². The SMILES string of the molecule is Cc1c(C(=O)Nc2cccc(C(F)(F)F)c2)sc2ncn(C)c(=O)c12. The van der Waals surface area contributed by atoms with Gasteiger partial charge in [0.15, 0.2) is 0 Å². The second kappa shape index (κ2) is 5.99. The second-order valence-corrected chi connectivity index (χ2v) is 6.43. The Hall–Kier alpha value is -2.68. The maximum Gasteiger partial charge on any atom is 0.416 e. The summed E-state index contributed by atoms with van der Waals surface area (Å²) in [6.45, 7) is 1.61. The summed E-state index contributed by atoms with van der Waals surface area (Å²) in [7, 11) is 1.55. The third-order valence-corrected chi connectivity index (χ3v) is 4.86. The van der Waals surface area contributed by atoms with Crippen molar-refractivity contribution in [2.24, 2.45) is 7.05 Å². The number of alkyl halides is 3. The first kappa shape index (κ1) is 17.2. The van der Waals surface area contributed by atoms with Crippen molar-refractivity contribution in [3.8, 4) is 0 Å². The molecule has 2 heterocycles. The molecule has 0 fully saturated rings. The molecule has 25 heavy (non-hydrogen) atoms. The van der Waals surface area contributed by atoms with Crippen molar-refractivity contribution in [3.05, 3.63) is 57.0 Å². The number of aromatic nitrogens is 2. The average molecular weight is 367 g/mol. The maximum atomic E-state index is 12.8. The smallest absolute Gasteiger partial charge is 0.321 e. The van der Waals surface area contributed by atoms with Crippen LogP contribution in [0.25, 0.3) is 10.2 Å². The van der Waals surface area contributed by atoms with Crippen molar-refractivity contribution >= 4 is 33.1 Å². The van der Waals surface area contributed by atoms with Gasteiger partial charge in [0, 0.05) is 12.7 Å². The molecular formula is C16H12F3N3O2S. The van der Waals surface area contributed by atoms with Gasteiger partial charge >= 0.3 is 6.18 Å². The van der Waals surface area contributed by atoms with Crippen LogP contribution in [0.5, 0.6) is 0 Å². The fourth-order valence-electron chi connectivity index (χ4n) is 2.39. The molecule has 0 spiro atoms. The second-order valence-electron chi connectivity index (χ2n) is 5.43. The summed E-state index contributed by atoms with van der Waals surface area (Å²) < 4.78 is 39.6. The van der Waals surface area contributed by atoms with Gasteiger partial charge in [0.25, 0.3) is 11.5 Å². The zero-order valence-corrected chi connectivity index (χ0v) is 14.0. The van der Waals surface area contributed by atoms with Crippen LogP contribution in [-0.4, -0.2) is 15.5 Å². The normalized spacial score (nSPS) is 11.7. The number of hydrogen-bond donors (Lipinski definition) is 1. The van der Waals surface area contributed by atoms with E-state index in [-0.39, 0.29) is 16.1 Å². The highest BCUT2D eigenvalue weighted by Crippen LogP contribution is 2.31. The number of fused-ring (bicyclic) bond motifs is 1. The third kappa shape index (κ3) is 3.14. The molecule has 0 atom stereocenters. The number of nitrogens with one attached hydrogen (secondary N) is 1. The Bertz CT molecular complexity index is 1040. The van der Waals surface area contributed by atoms with Crippen molar-refractivity contribution in [1.29, 1.82) is 0 Å². The number of halogens is 3. The largest absolute Gasteiger partial charge is 0.416 e. The molecule has 0 aliphatic heterocycles. The predicted octanol–water partition coefficient (Wildman–Crippen LogP) is 3.57. The Morgan fingerprint density at radius 1 is 1.32 bits per heavy atom. The maximum absolute atomic E-state index is 12.8. The van der Waals surface area contributed by atoms with Crippen LogP contribution < -0.4 is 10.9 Å². The molecule has 0 unspecified atom stereocenters. The number of carbonyl (C=O) groups excluding carboxylic acids is 1. The fourth-order valence-corrected chi connectivity index (χ4v) is 3.42. The van der Waals surface area contributed by atoms with Gasteiger partial charge in [0.1, 0.15) is 4.83 Å². The van der Waals surface area contributed by atoms with E-state index in [9.17, 15) is 22.8 Å². The first-order valence-electron chi connectivity index (χ1n) is 7.12. The number of rotatable bonds is 2. The number of thiophene rings is 1. The van der Waals surface area contributed by atoms with Gasteiger partial charge in [0.2, 0.25) is 0 Å². The topological polar surface area (TPSA) is 64.0 Å². The predicted molar refractivity (Wildman–Crippen MR) is 89.0 cm³/mol. The molecule has 1 N–H and O–H groups in total. The first-order chi connectivity index (χ1) is 11.7. The van der Waals surface area contributed by atoms with E-state index in [0.717, 1.165) is 23.5 Å². The van der Waals surface area contributed by atoms with Crippen molar-refractivity contribution < 1.29 is 18.0 Å². The highest BCUT2D eigenvalue weighted by molar-refractivity contribution is 7.20. The molecule has 2 aromatic heterocycles. The molecular weight excluding hydrogens is 355 g/mol. The van der Waals surface area contributed by atoms with E-state index in [1.165, 1.54) is 23.0 Å². The van der Waals surface area contributed by atoms with Crippen LogP contribution in [0, 0.1) is 6.92 Å². The molecule has 0 aliphatic carbocycles. The molecule has 0 saturated carbocycles. The van der Waals surface area contributed by atoms with E-state index in [4.69, 9.17) is 0 Å². The van der Waals surface area contributed by atoms with E-state index in [2.05, 4.69) is 10.3 Å². The first-order valence-corrected chi connectivity index (χ1v) is 7.93. The van der Waals surface area contributed by atoms with Crippen molar-refractivity contribution in [1.82, 2.24) is 9.55 Å². The number of anilines is 1. The molecule has 9 heteroatoms. The van der Waals surface area contributed by atoms with Crippen molar-refractivity contribution in [2.45, 2.75) is 13.1 Å². The monoisotopic (exact) mass is 367 g/mol. The Morgan fingerprint density at radius 3 is 2.72 bits per heavy atom. The summed E-state index contributed by atoms with van der Waals surface area (Å²) >= 11 is 1.03. The molecule has 1 aromatic carbocycles. The Morgan fingerprint density at radius 2 is 2.04 bits per heavy atom. The third-order valence-electron chi connectivity index (χ3n) is 3.66. The lowest BCUT2D eigenvalue weighted by Crippen LogP contribution is -2.17. The molecule has 0 saturated heterocycles. The fraction of sp³-hybridized carbons (Fsp3) is 0.188. The lowest BCUT2D eigenvalue weighted by Gasteiger charge is -2.09. The van der Waals surface area contributed by atoms with Crippen LogP contribution in [0.3, 0.4) is 0 Å². The van der Waals surface area contributed by atoms with Crippen molar-refractivity contribution in [3.63, 3.8) is 0 Å². The van der Waals surface area contributed by atoms with Crippen LogP contribution >= 0.6 is 11.3 Å². The van der Waals surface area contributed by atoms with E-state index >= 15 is 0 Å². The zero-order chi connectivity index (χ0) is 18.4. The molecule has 0 aliphatic rings. The highest BCUT2D eigenvalue weighted by Gasteiger charge is 2.30. The van der Waals surface area contributed by atoms with Gasteiger partial charge in [-0.15, -0.1) is 11.3 Å². The lowest BCUT2D eigenvalue weighted by molar-refractivity contribution is -0.137. The minimum atomic E-state index is -4.50. The summed E-state index contributed by atoms with van der Waals surface area (Å²) in [6, 6.07) is 4.37. The van der Waals surface area contributed by atoms with Crippen LogP contribution in [0.2, 0.25) is 0 Å². The van der Waals surface area contributed by atoms with Gasteiger partial charge in [-0.2, -0.15) is 13.2 Å². The average Bonchev–Trinajstić information content (AvgIpc) is 2.88. The quantitative estimate of drug-likeness (QED) is 0.753. The molecule has 0 radical (unpaired) electrons. The van der Waals surface area contributed by atoms with Crippen LogP contribution in [0.4, 0.5) is 18.9 Å².